The Labute approximate surface area is 124 Å². The first-order valence-electron chi connectivity index (χ1n) is 7.73. The summed E-state index contributed by atoms with van der Waals surface area (Å²) in [5.41, 5.74) is 9.22. The van der Waals surface area contributed by atoms with E-state index >= 15 is 0 Å². The third kappa shape index (κ3) is 2.21. The molecule has 1 aliphatic carbocycles. The lowest BCUT2D eigenvalue weighted by molar-refractivity contribution is 0.419. The van der Waals surface area contributed by atoms with Crippen LogP contribution in [0, 0.1) is 5.92 Å². The standard InChI is InChI=1S/C16H20N4O/c17-8-11-2-1-6-20(10-11)16-18-9-12-3-4-14-13(5-7-21-14)15(12)19-16/h5,7,9,11H,1-4,6,8,10,17H2. The van der Waals surface area contributed by atoms with Gasteiger partial charge < -0.3 is 15.1 Å². The van der Waals surface area contributed by atoms with Crippen molar-refractivity contribution in [2.45, 2.75) is 25.7 Å². The molecule has 3 heterocycles. The van der Waals surface area contributed by atoms with E-state index in [9.17, 15) is 0 Å². The molecule has 2 N–H and O–H groups in total. The topological polar surface area (TPSA) is 68.2 Å². The third-order valence-corrected chi connectivity index (χ3v) is 4.61. The van der Waals surface area contributed by atoms with Crippen molar-refractivity contribution in [3.63, 3.8) is 0 Å². The maximum atomic E-state index is 5.82. The van der Waals surface area contributed by atoms with Gasteiger partial charge in [0.2, 0.25) is 5.95 Å². The highest BCUT2D eigenvalue weighted by Gasteiger charge is 2.24. The Bertz CT molecular complexity index is 651. The molecule has 0 radical (unpaired) electrons. The molecule has 2 aromatic heterocycles. The highest BCUT2D eigenvalue weighted by atomic mass is 16.3. The largest absolute Gasteiger partial charge is 0.469 e. The smallest absolute Gasteiger partial charge is 0.225 e. The summed E-state index contributed by atoms with van der Waals surface area (Å²) in [6.45, 7) is 2.73. The minimum Gasteiger partial charge on any atom is -0.469 e. The number of aryl methyl sites for hydroxylation is 2. The number of hydrogen-bond donors (Lipinski definition) is 1. The zero-order chi connectivity index (χ0) is 14.2. The van der Waals surface area contributed by atoms with Crippen LogP contribution in [0.25, 0.3) is 11.3 Å². The Morgan fingerprint density at radius 2 is 2.33 bits per heavy atom. The van der Waals surface area contributed by atoms with E-state index in [4.69, 9.17) is 15.1 Å². The summed E-state index contributed by atoms with van der Waals surface area (Å²) in [4.78, 5) is 11.7. The summed E-state index contributed by atoms with van der Waals surface area (Å²) in [5.74, 6) is 2.44. The molecule has 21 heavy (non-hydrogen) atoms. The van der Waals surface area contributed by atoms with Gasteiger partial charge in [-0.2, -0.15) is 0 Å². The van der Waals surface area contributed by atoms with Gasteiger partial charge in [0, 0.05) is 31.3 Å². The van der Waals surface area contributed by atoms with E-state index in [-0.39, 0.29) is 0 Å². The van der Waals surface area contributed by atoms with Crippen molar-refractivity contribution in [2.75, 3.05) is 24.5 Å². The summed E-state index contributed by atoms with van der Waals surface area (Å²) >= 11 is 0. The van der Waals surface area contributed by atoms with Gasteiger partial charge in [0.25, 0.3) is 0 Å². The summed E-state index contributed by atoms with van der Waals surface area (Å²) < 4.78 is 5.54. The predicted octanol–water partition coefficient (Wildman–Crippen LogP) is 2.01. The molecule has 5 heteroatoms. The zero-order valence-electron chi connectivity index (χ0n) is 12.1. The molecule has 1 atom stereocenters. The molecular formula is C16H20N4O. The lowest BCUT2D eigenvalue weighted by atomic mass is 9.96. The molecular weight excluding hydrogens is 264 g/mol. The molecule has 2 aromatic rings. The quantitative estimate of drug-likeness (QED) is 0.913. The van der Waals surface area contributed by atoms with Crippen molar-refractivity contribution in [1.82, 2.24) is 9.97 Å². The lowest BCUT2D eigenvalue weighted by Crippen LogP contribution is -2.39. The van der Waals surface area contributed by atoms with Gasteiger partial charge in [0.05, 0.1) is 12.0 Å². The Kier molecular flexibility index (Phi) is 3.15. The van der Waals surface area contributed by atoms with E-state index < -0.39 is 0 Å². The molecule has 2 aliphatic rings. The van der Waals surface area contributed by atoms with E-state index in [0.717, 1.165) is 55.4 Å². The van der Waals surface area contributed by atoms with Crippen molar-refractivity contribution in [3.05, 3.63) is 29.9 Å². The fraction of sp³-hybridized carbons (Fsp3) is 0.500. The van der Waals surface area contributed by atoms with Crippen molar-refractivity contribution >= 4 is 5.95 Å². The van der Waals surface area contributed by atoms with Gasteiger partial charge >= 0.3 is 0 Å². The Balaban J connectivity index is 1.68. The highest BCUT2D eigenvalue weighted by molar-refractivity contribution is 5.68. The van der Waals surface area contributed by atoms with Gasteiger partial charge in [0.15, 0.2) is 0 Å². The van der Waals surface area contributed by atoms with Gasteiger partial charge in [-0.05, 0) is 43.4 Å². The second-order valence-electron chi connectivity index (χ2n) is 5.99. The summed E-state index contributed by atoms with van der Waals surface area (Å²) in [6, 6.07) is 2.02. The molecule has 1 unspecified atom stereocenters. The maximum Gasteiger partial charge on any atom is 0.225 e. The number of fused-ring (bicyclic) bond motifs is 3. The monoisotopic (exact) mass is 284 g/mol. The highest BCUT2D eigenvalue weighted by Crippen LogP contribution is 2.33. The predicted molar refractivity (Wildman–Crippen MR) is 81.1 cm³/mol. The van der Waals surface area contributed by atoms with E-state index in [1.54, 1.807) is 6.26 Å². The van der Waals surface area contributed by atoms with Gasteiger partial charge in [-0.15, -0.1) is 0 Å². The number of nitrogens with zero attached hydrogens (tertiary/aromatic N) is 3. The normalized spacial score (nSPS) is 21.0. The number of piperidine rings is 1. The van der Waals surface area contributed by atoms with Crippen molar-refractivity contribution in [2.24, 2.45) is 11.7 Å². The fourth-order valence-corrected chi connectivity index (χ4v) is 3.40. The number of hydrogen-bond acceptors (Lipinski definition) is 5. The molecule has 0 spiro atoms. The van der Waals surface area contributed by atoms with Gasteiger partial charge in [-0.3, -0.25) is 0 Å². The van der Waals surface area contributed by atoms with Crippen LogP contribution >= 0.6 is 0 Å². The molecule has 110 valence electrons. The van der Waals surface area contributed by atoms with Crippen LogP contribution in [0.5, 0.6) is 0 Å². The van der Waals surface area contributed by atoms with Gasteiger partial charge in [-0.25, -0.2) is 9.97 Å². The van der Waals surface area contributed by atoms with E-state index in [1.165, 1.54) is 18.4 Å². The van der Waals surface area contributed by atoms with Crippen LogP contribution in [-0.2, 0) is 12.8 Å². The second-order valence-corrected chi connectivity index (χ2v) is 5.99. The first kappa shape index (κ1) is 12.8. The fourth-order valence-electron chi connectivity index (χ4n) is 3.40. The van der Waals surface area contributed by atoms with Crippen molar-refractivity contribution in [1.29, 1.82) is 0 Å². The minimum absolute atomic E-state index is 0.558. The van der Waals surface area contributed by atoms with Gasteiger partial charge in [0.1, 0.15) is 5.76 Å². The van der Waals surface area contributed by atoms with Gasteiger partial charge in [-0.1, -0.05) is 0 Å². The van der Waals surface area contributed by atoms with Crippen LogP contribution in [0.2, 0.25) is 0 Å². The molecule has 0 bridgehead atoms. The average Bonchev–Trinajstić information content (AvgIpc) is 3.03. The van der Waals surface area contributed by atoms with Crippen LogP contribution in [0.15, 0.2) is 22.9 Å². The summed E-state index contributed by atoms with van der Waals surface area (Å²) in [5, 5.41) is 0. The zero-order valence-corrected chi connectivity index (χ0v) is 12.1. The van der Waals surface area contributed by atoms with E-state index in [2.05, 4.69) is 9.88 Å². The van der Waals surface area contributed by atoms with Crippen LogP contribution < -0.4 is 10.6 Å². The molecule has 0 aromatic carbocycles. The molecule has 1 saturated heterocycles. The molecule has 0 saturated carbocycles. The Morgan fingerprint density at radius 1 is 1.38 bits per heavy atom. The molecule has 4 rings (SSSR count). The summed E-state index contributed by atoms with van der Waals surface area (Å²) in [7, 11) is 0. The SMILES string of the molecule is NCC1CCCN(c2ncc3c(n2)-c2ccoc2CC3)C1. The number of rotatable bonds is 2. The van der Waals surface area contributed by atoms with Crippen molar-refractivity contribution < 1.29 is 4.42 Å². The number of anilines is 1. The first-order valence-corrected chi connectivity index (χ1v) is 7.73. The number of nitrogens with two attached hydrogens (primary N) is 1. The van der Waals surface area contributed by atoms with Crippen LogP contribution in [0.1, 0.15) is 24.2 Å². The summed E-state index contributed by atoms with van der Waals surface area (Å²) in [6.07, 6.45) is 8.02. The molecule has 1 fully saturated rings. The van der Waals surface area contributed by atoms with Crippen LogP contribution in [0.3, 0.4) is 0 Å². The minimum atomic E-state index is 0.558. The van der Waals surface area contributed by atoms with Crippen LogP contribution in [0.4, 0.5) is 5.95 Å². The molecule has 1 aliphatic heterocycles. The van der Waals surface area contributed by atoms with E-state index in [0.29, 0.717) is 5.92 Å². The van der Waals surface area contributed by atoms with Crippen molar-refractivity contribution in [3.8, 4) is 11.3 Å². The number of aromatic nitrogens is 2. The Hall–Kier alpha value is -1.88. The average molecular weight is 284 g/mol. The Morgan fingerprint density at radius 3 is 3.24 bits per heavy atom. The molecule has 5 nitrogen and oxygen atoms in total. The van der Waals surface area contributed by atoms with E-state index in [1.807, 2.05) is 12.3 Å². The first-order chi connectivity index (χ1) is 10.3. The lowest BCUT2D eigenvalue weighted by Gasteiger charge is -2.32. The maximum absolute atomic E-state index is 5.82. The number of furan rings is 1. The van der Waals surface area contributed by atoms with Crippen LogP contribution in [-0.4, -0.2) is 29.6 Å². The second kappa shape index (κ2) is 5.15. The third-order valence-electron chi connectivity index (χ3n) is 4.61. The molecule has 0 amide bonds.